The van der Waals surface area contributed by atoms with Crippen LogP contribution >= 0.6 is 0 Å². The van der Waals surface area contributed by atoms with Crippen LogP contribution < -0.4 is 21.3 Å². The zero-order valence-electron chi connectivity index (χ0n) is 20.5. The normalized spacial score (nSPS) is 15.1. The van der Waals surface area contributed by atoms with E-state index in [2.05, 4.69) is 26.0 Å². The number of unbranched alkanes of at least 4 members (excludes halogenated alkanes) is 2. The Labute approximate surface area is 208 Å². The highest BCUT2D eigenvalue weighted by Crippen LogP contribution is 2.07. The second-order valence-electron chi connectivity index (χ2n) is 8.15. The SMILES string of the molecule is CC(NC(=O)[C@H](C)NC(=O)CCCCCN1C(=O)C=CC1=O)C(=O)N[C@@H](C)C(=O)NCOCC(=O)O. The van der Waals surface area contributed by atoms with Crippen molar-refractivity contribution in [3.63, 3.8) is 0 Å². The number of rotatable bonds is 16. The Morgan fingerprint density at radius 3 is 1.92 bits per heavy atom. The molecular weight excluding hydrogens is 478 g/mol. The fraction of sp³-hybridized carbons (Fsp3) is 0.591. The third kappa shape index (κ3) is 11.1. The van der Waals surface area contributed by atoms with Crippen LogP contribution in [0.15, 0.2) is 12.2 Å². The van der Waals surface area contributed by atoms with Crippen molar-refractivity contribution in [1.82, 2.24) is 26.2 Å². The first-order chi connectivity index (χ1) is 16.9. The van der Waals surface area contributed by atoms with Crippen LogP contribution in [-0.4, -0.2) is 89.4 Å². The van der Waals surface area contributed by atoms with Gasteiger partial charge in [-0.25, -0.2) is 4.79 Å². The molecule has 0 aliphatic carbocycles. The first-order valence-electron chi connectivity index (χ1n) is 11.4. The van der Waals surface area contributed by atoms with Crippen LogP contribution in [0.2, 0.25) is 0 Å². The van der Waals surface area contributed by atoms with E-state index in [0.29, 0.717) is 19.3 Å². The summed E-state index contributed by atoms with van der Waals surface area (Å²) in [5.74, 6) is -4.08. The van der Waals surface area contributed by atoms with Gasteiger partial charge in [-0.3, -0.25) is 33.7 Å². The van der Waals surface area contributed by atoms with E-state index in [1.165, 1.54) is 32.9 Å². The number of carbonyl (C=O) groups is 7. The van der Waals surface area contributed by atoms with Crippen molar-refractivity contribution in [2.75, 3.05) is 19.9 Å². The summed E-state index contributed by atoms with van der Waals surface area (Å²) in [6, 6.07) is -2.88. The number of hydrogen-bond donors (Lipinski definition) is 5. The van der Waals surface area contributed by atoms with Gasteiger partial charge < -0.3 is 31.1 Å². The van der Waals surface area contributed by atoms with E-state index >= 15 is 0 Å². The summed E-state index contributed by atoms with van der Waals surface area (Å²) in [6.45, 7) is 3.63. The maximum absolute atomic E-state index is 12.3. The summed E-state index contributed by atoms with van der Waals surface area (Å²) < 4.78 is 4.68. The monoisotopic (exact) mass is 511 g/mol. The van der Waals surface area contributed by atoms with E-state index in [4.69, 9.17) is 5.11 Å². The molecule has 14 heteroatoms. The Kier molecular flexibility index (Phi) is 12.8. The van der Waals surface area contributed by atoms with Crippen molar-refractivity contribution < 1.29 is 43.4 Å². The van der Waals surface area contributed by atoms with Crippen molar-refractivity contribution >= 4 is 41.4 Å². The molecule has 1 aliphatic rings. The molecule has 0 spiro atoms. The minimum absolute atomic E-state index is 0.149. The van der Waals surface area contributed by atoms with Crippen molar-refractivity contribution in [3.05, 3.63) is 12.2 Å². The maximum Gasteiger partial charge on any atom is 0.329 e. The summed E-state index contributed by atoms with van der Waals surface area (Å²) in [6.07, 6.45) is 4.25. The molecular formula is C22H33N5O9. The predicted molar refractivity (Wildman–Crippen MR) is 124 cm³/mol. The van der Waals surface area contributed by atoms with Gasteiger partial charge in [0.25, 0.3) is 11.8 Å². The van der Waals surface area contributed by atoms with Crippen LogP contribution in [-0.2, 0) is 38.3 Å². The molecule has 0 aromatic heterocycles. The standard InChI is InChI=1S/C22H33N5O9/c1-13(20(33)23-12-36-11-19(31)32)25-22(35)15(3)26-21(34)14(2)24-16(28)7-5-4-6-10-27-17(29)8-9-18(27)30/h8-9,13-15H,4-7,10-12H2,1-3H3,(H,23,33)(H,24,28)(H,25,35)(H,26,34)(H,31,32)/t13-,14-,15?/m0/s1. The van der Waals surface area contributed by atoms with Gasteiger partial charge >= 0.3 is 5.97 Å². The lowest BCUT2D eigenvalue weighted by atomic mass is 10.1. The number of nitrogens with one attached hydrogen (secondary N) is 4. The number of aliphatic carboxylic acids is 1. The Morgan fingerprint density at radius 2 is 1.36 bits per heavy atom. The smallest absolute Gasteiger partial charge is 0.329 e. The molecule has 0 aromatic carbocycles. The minimum Gasteiger partial charge on any atom is -0.480 e. The van der Waals surface area contributed by atoms with Gasteiger partial charge in [0.2, 0.25) is 23.6 Å². The molecule has 1 heterocycles. The van der Waals surface area contributed by atoms with Gasteiger partial charge in [-0.05, 0) is 33.6 Å². The lowest BCUT2D eigenvalue weighted by Crippen LogP contribution is -2.54. The number of ether oxygens (including phenoxy) is 1. The molecule has 0 bridgehead atoms. The van der Waals surface area contributed by atoms with Gasteiger partial charge in [0.15, 0.2) is 0 Å². The van der Waals surface area contributed by atoms with Crippen LogP contribution in [0.5, 0.6) is 0 Å². The molecule has 1 aliphatic heterocycles. The molecule has 1 rings (SSSR count). The third-order valence-corrected chi connectivity index (χ3v) is 5.03. The van der Waals surface area contributed by atoms with Crippen molar-refractivity contribution in [3.8, 4) is 0 Å². The van der Waals surface area contributed by atoms with E-state index < -0.39 is 48.4 Å². The molecule has 0 saturated heterocycles. The number of imide groups is 1. The highest BCUT2D eigenvalue weighted by Gasteiger charge is 2.24. The van der Waals surface area contributed by atoms with Gasteiger partial charge in [-0.15, -0.1) is 0 Å². The number of nitrogens with zero attached hydrogens (tertiary/aromatic N) is 1. The molecule has 0 saturated carbocycles. The Morgan fingerprint density at radius 1 is 0.833 bits per heavy atom. The molecule has 1 unspecified atom stereocenters. The van der Waals surface area contributed by atoms with Gasteiger partial charge in [0, 0.05) is 25.1 Å². The van der Waals surface area contributed by atoms with E-state index in [9.17, 15) is 33.6 Å². The van der Waals surface area contributed by atoms with Gasteiger partial charge in [0.1, 0.15) is 31.5 Å². The zero-order chi connectivity index (χ0) is 27.3. The molecule has 0 fully saturated rings. The summed E-state index contributed by atoms with van der Waals surface area (Å²) in [4.78, 5) is 82.9. The van der Waals surface area contributed by atoms with Gasteiger partial charge in [0.05, 0.1) is 0 Å². The van der Waals surface area contributed by atoms with Crippen LogP contribution in [0.3, 0.4) is 0 Å². The second kappa shape index (κ2) is 15.2. The number of amides is 6. The molecule has 3 atom stereocenters. The van der Waals surface area contributed by atoms with Crippen molar-refractivity contribution in [1.29, 1.82) is 0 Å². The molecule has 14 nitrogen and oxygen atoms in total. The summed E-state index contributed by atoms with van der Waals surface area (Å²) in [5.41, 5.74) is 0. The fourth-order valence-corrected chi connectivity index (χ4v) is 2.98. The predicted octanol–water partition coefficient (Wildman–Crippen LogP) is -1.84. The van der Waals surface area contributed by atoms with Gasteiger partial charge in [-0.1, -0.05) is 6.42 Å². The van der Waals surface area contributed by atoms with Crippen LogP contribution in [0.4, 0.5) is 0 Å². The topological polar surface area (TPSA) is 200 Å². The van der Waals surface area contributed by atoms with Crippen molar-refractivity contribution in [2.24, 2.45) is 0 Å². The van der Waals surface area contributed by atoms with E-state index in [0.717, 1.165) is 4.90 Å². The lowest BCUT2D eigenvalue weighted by molar-refractivity contribution is -0.143. The largest absolute Gasteiger partial charge is 0.480 e. The van der Waals surface area contributed by atoms with E-state index in [1.807, 2.05) is 0 Å². The van der Waals surface area contributed by atoms with Crippen molar-refractivity contribution in [2.45, 2.75) is 64.6 Å². The van der Waals surface area contributed by atoms with Gasteiger partial charge in [-0.2, -0.15) is 0 Å². The number of carboxylic acids is 1. The van der Waals surface area contributed by atoms with Crippen LogP contribution in [0, 0.1) is 0 Å². The molecule has 0 radical (unpaired) electrons. The first kappa shape index (κ1) is 30.2. The quantitative estimate of drug-likeness (QED) is 0.0897. The summed E-state index contributed by atoms with van der Waals surface area (Å²) >= 11 is 0. The average Bonchev–Trinajstić information content (AvgIpc) is 3.13. The molecule has 0 aromatic rings. The number of carbonyl (C=O) groups excluding carboxylic acids is 6. The molecule has 6 amide bonds. The summed E-state index contributed by atoms with van der Waals surface area (Å²) in [7, 11) is 0. The fourth-order valence-electron chi connectivity index (χ4n) is 2.98. The maximum atomic E-state index is 12.3. The summed E-state index contributed by atoms with van der Waals surface area (Å²) in [5, 5.41) is 18.1. The Bertz CT molecular complexity index is 871. The molecule has 5 N–H and O–H groups in total. The lowest BCUT2D eigenvalue weighted by Gasteiger charge is -2.20. The Balaban J connectivity index is 2.26. The molecule has 36 heavy (non-hydrogen) atoms. The second-order valence-corrected chi connectivity index (χ2v) is 8.15. The van der Waals surface area contributed by atoms with E-state index in [-0.39, 0.29) is 37.4 Å². The third-order valence-electron chi connectivity index (χ3n) is 5.03. The minimum atomic E-state index is -1.19. The van der Waals surface area contributed by atoms with Crippen LogP contribution in [0.25, 0.3) is 0 Å². The zero-order valence-corrected chi connectivity index (χ0v) is 20.5. The average molecular weight is 512 g/mol. The Hall–Kier alpha value is -3.81. The van der Waals surface area contributed by atoms with Crippen LogP contribution in [0.1, 0.15) is 46.5 Å². The number of hydrogen-bond acceptors (Lipinski definition) is 8. The first-order valence-corrected chi connectivity index (χ1v) is 11.4. The number of carboxylic acid groups (broad SMARTS) is 1. The molecule has 200 valence electrons. The highest BCUT2D eigenvalue weighted by atomic mass is 16.5. The highest BCUT2D eigenvalue weighted by molar-refractivity contribution is 6.12. The van der Waals surface area contributed by atoms with E-state index in [1.54, 1.807) is 0 Å².